The van der Waals surface area contributed by atoms with Gasteiger partial charge in [-0.1, -0.05) is 66.7 Å². The number of halogens is 3. The molecule has 0 unspecified atom stereocenters. The Morgan fingerprint density at radius 3 is 2.24 bits per heavy atom. The third-order valence-electron chi connectivity index (χ3n) is 7.12. The van der Waals surface area contributed by atoms with E-state index in [1.165, 1.54) is 20.9 Å². The van der Waals surface area contributed by atoms with Crippen molar-refractivity contribution in [3.05, 3.63) is 120 Å². The molecule has 2 atom stereocenters. The van der Waals surface area contributed by atoms with E-state index < -0.39 is 41.6 Å². The maximum atomic E-state index is 14.0. The van der Waals surface area contributed by atoms with Gasteiger partial charge >= 0.3 is 6.03 Å². The highest BCUT2D eigenvalue weighted by molar-refractivity contribution is 5.92. The molecule has 11 heteroatoms. The minimum atomic E-state index is -1.60. The summed E-state index contributed by atoms with van der Waals surface area (Å²) in [7, 11) is 0. The van der Waals surface area contributed by atoms with E-state index in [1.807, 2.05) is 30.3 Å². The Morgan fingerprint density at radius 1 is 0.976 bits per heavy atom. The van der Waals surface area contributed by atoms with E-state index in [4.69, 9.17) is 0 Å². The standard InChI is InChI=1S/C30H28F3N5O3/c1-2-13-36(30(41)34-16-20-9-5-3-6-10-20)37-19-26(39)38-25(37)18-35(17-21-14-23(31)27(33)24(32)15-21)29(40)28(38)22-11-7-4-8-12-22/h2-12,14-15,25,28H,1,13,16-19H2,(H,34,41)/t25-,28+/m1/s1. The molecule has 2 aliphatic rings. The van der Waals surface area contributed by atoms with E-state index in [-0.39, 0.29) is 44.2 Å². The Kier molecular flexibility index (Phi) is 8.06. The molecule has 0 radical (unpaired) electrons. The van der Waals surface area contributed by atoms with Crippen LogP contribution in [0.3, 0.4) is 0 Å². The fourth-order valence-electron chi connectivity index (χ4n) is 5.25. The summed E-state index contributed by atoms with van der Waals surface area (Å²) in [6.45, 7) is 3.61. The quantitative estimate of drug-likeness (QED) is 0.333. The summed E-state index contributed by atoms with van der Waals surface area (Å²) in [6.07, 6.45) is 0.752. The normalized spacial score (nSPS) is 18.8. The van der Waals surface area contributed by atoms with Crippen LogP contribution in [-0.2, 0) is 22.7 Å². The van der Waals surface area contributed by atoms with E-state index in [0.29, 0.717) is 5.56 Å². The van der Waals surface area contributed by atoms with Crippen LogP contribution >= 0.6 is 0 Å². The number of carbonyl (C=O) groups excluding carboxylic acids is 3. The van der Waals surface area contributed by atoms with Gasteiger partial charge in [0.25, 0.3) is 5.91 Å². The zero-order valence-corrected chi connectivity index (χ0v) is 22.1. The van der Waals surface area contributed by atoms with Crippen molar-refractivity contribution in [2.45, 2.75) is 25.3 Å². The number of fused-ring (bicyclic) bond motifs is 1. The van der Waals surface area contributed by atoms with Crippen LogP contribution in [0.2, 0.25) is 0 Å². The third-order valence-corrected chi connectivity index (χ3v) is 7.12. The molecule has 3 aromatic carbocycles. The molecule has 2 heterocycles. The summed E-state index contributed by atoms with van der Waals surface area (Å²) in [5.41, 5.74) is 1.48. The van der Waals surface area contributed by atoms with Crippen LogP contribution in [0.15, 0.2) is 85.5 Å². The fourth-order valence-corrected chi connectivity index (χ4v) is 5.25. The summed E-state index contributed by atoms with van der Waals surface area (Å²) in [4.78, 5) is 43.4. The van der Waals surface area contributed by atoms with Crippen molar-refractivity contribution in [1.82, 2.24) is 25.1 Å². The van der Waals surface area contributed by atoms with Crippen molar-refractivity contribution in [2.24, 2.45) is 0 Å². The molecule has 0 aliphatic carbocycles. The molecule has 8 nitrogen and oxygen atoms in total. The molecule has 212 valence electrons. The first-order chi connectivity index (χ1) is 19.8. The van der Waals surface area contributed by atoms with Crippen LogP contribution in [0.5, 0.6) is 0 Å². The number of urea groups is 1. The molecule has 2 aliphatic heterocycles. The number of rotatable bonds is 8. The molecule has 0 bridgehead atoms. The van der Waals surface area contributed by atoms with Crippen LogP contribution in [-0.4, -0.2) is 63.5 Å². The lowest BCUT2D eigenvalue weighted by Gasteiger charge is -2.46. The summed E-state index contributed by atoms with van der Waals surface area (Å²) in [5, 5.41) is 5.80. The molecule has 2 fully saturated rings. The number of carbonyl (C=O) groups is 3. The van der Waals surface area contributed by atoms with Gasteiger partial charge in [0.15, 0.2) is 17.5 Å². The second-order valence-electron chi connectivity index (χ2n) is 9.80. The van der Waals surface area contributed by atoms with Crippen molar-refractivity contribution in [3.8, 4) is 0 Å². The van der Waals surface area contributed by atoms with Crippen molar-refractivity contribution in [1.29, 1.82) is 0 Å². The number of hydrogen-bond donors (Lipinski definition) is 1. The van der Waals surface area contributed by atoms with Gasteiger partial charge in [-0.25, -0.2) is 18.0 Å². The predicted octanol–water partition coefficient (Wildman–Crippen LogP) is 3.97. The maximum absolute atomic E-state index is 14.0. The van der Waals surface area contributed by atoms with Crippen molar-refractivity contribution in [2.75, 3.05) is 19.6 Å². The van der Waals surface area contributed by atoms with E-state index in [9.17, 15) is 27.6 Å². The number of nitrogens with zero attached hydrogens (tertiary/aromatic N) is 4. The molecule has 0 saturated carbocycles. The molecular weight excluding hydrogens is 535 g/mol. The zero-order chi connectivity index (χ0) is 29.1. The Labute approximate surface area is 235 Å². The van der Waals surface area contributed by atoms with Crippen LogP contribution in [0.25, 0.3) is 0 Å². The van der Waals surface area contributed by atoms with Gasteiger partial charge < -0.3 is 15.1 Å². The number of piperazine rings is 1. The molecule has 5 rings (SSSR count). The Morgan fingerprint density at radius 2 is 1.61 bits per heavy atom. The molecule has 1 N–H and O–H groups in total. The number of hydrazine groups is 1. The predicted molar refractivity (Wildman–Crippen MR) is 144 cm³/mol. The average molecular weight is 564 g/mol. The fraction of sp³-hybridized carbons (Fsp3) is 0.233. The van der Waals surface area contributed by atoms with Crippen molar-refractivity contribution in [3.63, 3.8) is 0 Å². The highest BCUT2D eigenvalue weighted by Crippen LogP contribution is 2.36. The van der Waals surface area contributed by atoms with Crippen LogP contribution in [0.4, 0.5) is 18.0 Å². The second kappa shape index (κ2) is 11.8. The lowest BCUT2D eigenvalue weighted by atomic mass is 10.00. The van der Waals surface area contributed by atoms with E-state index >= 15 is 0 Å². The minimum Gasteiger partial charge on any atom is -0.333 e. The Hall–Kier alpha value is -4.64. The number of benzene rings is 3. The topological polar surface area (TPSA) is 76.2 Å². The second-order valence-corrected chi connectivity index (χ2v) is 9.80. The van der Waals surface area contributed by atoms with Gasteiger partial charge in [0.1, 0.15) is 12.2 Å². The summed E-state index contributed by atoms with van der Waals surface area (Å²) in [5.74, 6) is -5.15. The smallest absolute Gasteiger partial charge is 0.332 e. The molecule has 3 aromatic rings. The van der Waals surface area contributed by atoms with Crippen molar-refractivity contribution >= 4 is 17.8 Å². The monoisotopic (exact) mass is 563 g/mol. The summed E-state index contributed by atoms with van der Waals surface area (Å²) < 4.78 is 41.6. The molecular formula is C30H28F3N5O3. The molecule has 4 amide bonds. The Balaban J connectivity index is 1.47. The summed E-state index contributed by atoms with van der Waals surface area (Å²) >= 11 is 0. The third kappa shape index (κ3) is 5.66. The van der Waals surface area contributed by atoms with Gasteiger partial charge in [-0.15, -0.1) is 6.58 Å². The van der Waals surface area contributed by atoms with E-state index in [2.05, 4.69) is 11.9 Å². The molecule has 41 heavy (non-hydrogen) atoms. The maximum Gasteiger partial charge on any atom is 0.332 e. The van der Waals surface area contributed by atoms with Crippen LogP contribution in [0.1, 0.15) is 22.7 Å². The first kappa shape index (κ1) is 27.9. The van der Waals surface area contributed by atoms with Crippen LogP contribution in [0, 0.1) is 17.5 Å². The summed E-state index contributed by atoms with van der Waals surface area (Å²) in [6, 6.07) is 18.2. The number of nitrogens with one attached hydrogen (secondary N) is 1. The van der Waals surface area contributed by atoms with Gasteiger partial charge in [-0.3, -0.25) is 14.6 Å². The number of amides is 4. The zero-order valence-electron chi connectivity index (χ0n) is 22.1. The Bertz CT molecular complexity index is 1430. The largest absolute Gasteiger partial charge is 0.333 e. The lowest BCUT2D eigenvalue weighted by Crippen LogP contribution is -2.62. The van der Waals surface area contributed by atoms with Gasteiger partial charge in [0.05, 0.1) is 19.6 Å². The van der Waals surface area contributed by atoms with Gasteiger partial charge in [-0.2, -0.15) is 5.01 Å². The molecule has 0 spiro atoms. The number of hydrogen-bond acceptors (Lipinski definition) is 4. The van der Waals surface area contributed by atoms with Gasteiger partial charge in [-0.05, 0) is 28.8 Å². The lowest BCUT2D eigenvalue weighted by molar-refractivity contribution is -0.158. The first-order valence-electron chi connectivity index (χ1n) is 13.0. The minimum absolute atomic E-state index is 0.0504. The van der Waals surface area contributed by atoms with Crippen molar-refractivity contribution < 1.29 is 27.6 Å². The van der Waals surface area contributed by atoms with E-state index in [0.717, 1.165) is 17.7 Å². The van der Waals surface area contributed by atoms with Crippen LogP contribution < -0.4 is 5.32 Å². The van der Waals surface area contributed by atoms with Gasteiger partial charge in [0, 0.05) is 13.1 Å². The molecule has 0 aromatic heterocycles. The highest BCUT2D eigenvalue weighted by atomic mass is 19.2. The molecule has 2 saturated heterocycles. The average Bonchev–Trinajstić information content (AvgIpc) is 3.29. The van der Waals surface area contributed by atoms with Gasteiger partial charge in [0.2, 0.25) is 5.91 Å². The SMILES string of the molecule is C=CCN(C(=O)NCc1ccccc1)N1CC(=O)N2[C@@H](c3ccccc3)C(=O)N(Cc3cc(F)c(F)c(F)c3)C[C@@H]21. The first-order valence-corrected chi connectivity index (χ1v) is 13.0. The van der Waals surface area contributed by atoms with E-state index in [1.54, 1.807) is 35.3 Å². The highest BCUT2D eigenvalue weighted by Gasteiger charge is 2.52.